The highest BCUT2D eigenvalue weighted by Gasteiger charge is 2.32. The monoisotopic (exact) mass is 439 g/mol. The van der Waals surface area contributed by atoms with Gasteiger partial charge in [-0.05, 0) is 42.7 Å². The number of rotatable bonds is 4. The maximum Gasteiger partial charge on any atom is 0.231 e. The van der Waals surface area contributed by atoms with Gasteiger partial charge in [0.05, 0.1) is 12.2 Å². The van der Waals surface area contributed by atoms with Crippen molar-refractivity contribution >= 4 is 5.95 Å². The van der Waals surface area contributed by atoms with Gasteiger partial charge in [-0.15, -0.1) is 10.2 Å². The second-order valence-corrected chi connectivity index (χ2v) is 8.56. The van der Waals surface area contributed by atoms with Crippen molar-refractivity contribution in [2.45, 2.75) is 31.8 Å². The van der Waals surface area contributed by atoms with E-state index in [4.69, 9.17) is 19.4 Å². The van der Waals surface area contributed by atoms with Crippen LogP contribution in [0.5, 0.6) is 11.5 Å². The Morgan fingerprint density at radius 2 is 1.88 bits per heavy atom. The summed E-state index contributed by atoms with van der Waals surface area (Å²) in [7, 11) is 0. The van der Waals surface area contributed by atoms with E-state index >= 15 is 0 Å². The number of hydrogen-bond donors (Lipinski definition) is 0. The maximum atomic E-state index is 5.58. The Kier molecular flexibility index (Phi) is 4.08. The van der Waals surface area contributed by atoms with Gasteiger partial charge in [0.15, 0.2) is 17.3 Å². The third kappa shape index (κ3) is 3.19. The Hall–Kier alpha value is -4.01. The van der Waals surface area contributed by atoms with Gasteiger partial charge in [0.1, 0.15) is 5.82 Å². The first-order valence-electron chi connectivity index (χ1n) is 11.2. The SMILES string of the molecule is c1cncc(-c2nc(N3CCn4c(nnc4C4CC4)C3)ncc2-c2ccc3c(c2)OCO3)c1. The summed E-state index contributed by atoms with van der Waals surface area (Å²) in [5.74, 6) is 4.87. The number of aromatic nitrogens is 6. The fourth-order valence-electron chi connectivity index (χ4n) is 4.52. The van der Waals surface area contributed by atoms with E-state index in [0.29, 0.717) is 18.4 Å². The van der Waals surface area contributed by atoms with Crippen molar-refractivity contribution in [1.29, 1.82) is 0 Å². The molecule has 0 atom stereocenters. The minimum absolute atomic E-state index is 0.242. The molecule has 0 bridgehead atoms. The summed E-state index contributed by atoms with van der Waals surface area (Å²) in [5, 5.41) is 8.90. The molecule has 0 saturated heterocycles. The van der Waals surface area contributed by atoms with Gasteiger partial charge in [0, 0.05) is 48.7 Å². The molecule has 0 spiro atoms. The predicted molar refractivity (Wildman–Crippen MR) is 120 cm³/mol. The number of anilines is 1. The molecule has 164 valence electrons. The van der Waals surface area contributed by atoms with Crippen molar-refractivity contribution in [2.24, 2.45) is 0 Å². The number of pyridine rings is 1. The molecular weight excluding hydrogens is 418 g/mol. The molecule has 4 aromatic rings. The van der Waals surface area contributed by atoms with Gasteiger partial charge >= 0.3 is 0 Å². The molecule has 2 aliphatic heterocycles. The van der Waals surface area contributed by atoms with Gasteiger partial charge in [-0.25, -0.2) is 9.97 Å². The van der Waals surface area contributed by atoms with E-state index in [0.717, 1.165) is 58.6 Å². The number of ether oxygens (including phenoxy) is 2. The van der Waals surface area contributed by atoms with Gasteiger partial charge in [-0.2, -0.15) is 0 Å². The van der Waals surface area contributed by atoms with E-state index < -0.39 is 0 Å². The fraction of sp³-hybridized carbons (Fsp3) is 0.292. The minimum Gasteiger partial charge on any atom is -0.454 e. The quantitative estimate of drug-likeness (QED) is 0.478. The summed E-state index contributed by atoms with van der Waals surface area (Å²) >= 11 is 0. The van der Waals surface area contributed by atoms with Crippen molar-refractivity contribution < 1.29 is 9.47 Å². The van der Waals surface area contributed by atoms with Crippen LogP contribution in [0.15, 0.2) is 48.9 Å². The second-order valence-electron chi connectivity index (χ2n) is 8.56. The molecular formula is C24H21N7O2. The summed E-state index contributed by atoms with van der Waals surface area (Å²) < 4.78 is 13.3. The van der Waals surface area contributed by atoms with Gasteiger partial charge in [-0.3, -0.25) is 4.98 Å². The van der Waals surface area contributed by atoms with Crippen molar-refractivity contribution in [2.75, 3.05) is 18.2 Å². The average Bonchev–Trinajstić information content (AvgIpc) is 3.45. The molecule has 3 aromatic heterocycles. The van der Waals surface area contributed by atoms with Crippen molar-refractivity contribution in [3.63, 3.8) is 0 Å². The van der Waals surface area contributed by atoms with Crippen LogP contribution < -0.4 is 14.4 Å². The van der Waals surface area contributed by atoms with Crippen LogP contribution >= 0.6 is 0 Å². The lowest BCUT2D eigenvalue weighted by Gasteiger charge is -2.28. The van der Waals surface area contributed by atoms with E-state index in [-0.39, 0.29) is 6.79 Å². The Morgan fingerprint density at radius 1 is 0.939 bits per heavy atom. The lowest BCUT2D eigenvalue weighted by molar-refractivity contribution is 0.174. The van der Waals surface area contributed by atoms with Crippen LogP contribution in [-0.2, 0) is 13.1 Å². The molecule has 9 nitrogen and oxygen atoms in total. The number of fused-ring (bicyclic) bond motifs is 2. The molecule has 0 N–H and O–H groups in total. The maximum absolute atomic E-state index is 5.58. The topological polar surface area (TPSA) is 91.1 Å². The highest BCUT2D eigenvalue weighted by Crippen LogP contribution is 2.40. The molecule has 9 heteroatoms. The van der Waals surface area contributed by atoms with Crippen LogP contribution in [-0.4, -0.2) is 43.1 Å². The zero-order valence-corrected chi connectivity index (χ0v) is 17.9. The molecule has 1 aliphatic carbocycles. The largest absolute Gasteiger partial charge is 0.454 e. The summed E-state index contributed by atoms with van der Waals surface area (Å²) in [6.45, 7) is 2.56. The van der Waals surface area contributed by atoms with Crippen LogP contribution in [0, 0.1) is 0 Å². The molecule has 0 radical (unpaired) electrons. The Bertz CT molecular complexity index is 1350. The molecule has 33 heavy (non-hydrogen) atoms. The first kappa shape index (κ1) is 18.6. The molecule has 0 amide bonds. The van der Waals surface area contributed by atoms with Crippen LogP contribution in [0.4, 0.5) is 5.95 Å². The van der Waals surface area contributed by atoms with Crippen molar-refractivity contribution in [3.8, 4) is 33.9 Å². The van der Waals surface area contributed by atoms with E-state index in [1.54, 1.807) is 6.20 Å². The zero-order valence-electron chi connectivity index (χ0n) is 17.9. The van der Waals surface area contributed by atoms with Crippen LogP contribution in [0.25, 0.3) is 22.4 Å². The highest BCUT2D eigenvalue weighted by atomic mass is 16.7. The van der Waals surface area contributed by atoms with Crippen molar-refractivity contribution in [1.82, 2.24) is 29.7 Å². The van der Waals surface area contributed by atoms with E-state index in [2.05, 4.69) is 24.6 Å². The zero-order chi connectivity index (χ0) is 21.8. The summed E-state index contributed by atoms with van der Waals surface area (Å²) in [6, 6.07) is 9.85. The molecule has 1 aromatic carbocycles. The molecule has 7 rings (SSSR count). The fourth-order valence-corrected chi connectivity index (χ4v) is 4.52. The number of hydrogen-bond acceptors (Lipinski definition) is 8. The van der Waals surface area contributed by atoms with Crippen molar-refractivity contribution in [3.05, 3.63) is 60.6 Å². The smallest absolute Gasteiger partial charge is 0.231 e. The normalized spacial score (nSPS) is 16.7. The summed E-state index contributed by atoms with van der Waals surface area (Å²) in [6.07, 6.45) is 7.93. The molecule has 1 saturated carbocycles. The van der Waals surface area contributed by atoms with Gasteiger partial charge in [-0.1, -0.05) is 6.07 Å². The standard InChI is InChI=1S/C24H21N7O2/c1-2-17(11-25-7-1)22-18(16-5-6-19-20(10-16)33-14-32-19)12-26-24(27-22)30-8-9-31-21(13-30)28-29-23(31)15-3-4-15/h1-2,5-7,10-12,15H,3-4,8-9,13-14H2. The molecule has 5 heterocycles. The highest BCUT2D eigenvalue weighted by molar-refractivity contribution is 5.81. The van der Waals surface area contributed by atoms with Crippen LogP contribution in [0.2, 0.25) is 0 Å². The van der Waals surface area contributed by atoms with E-state index in [1.807, 2.05) is 42.7 Å². The lowest BCUT2D eigenvalue weighted by Crippen LogP contribution is -2.35. The minimum atomic E-state index is 0.242. The third-order valence-corrected chi connectivity index (χ3v) is 6.40. The molecule has 0 unspecified atom stereocenters. The third-order valence-electron chi connectivity index (χ3n) is 6.40. The Labute approximate surface area is 190 Å². The summed E-state index contributed by atoms with van der Waals surface area (Å²) in [4.78, 5) is 16.2. The van der Waals surface area contributed by atoms with E-state index in [1.165, 1.54) is 12.8 Å². The second kappa shape index (κ2) is 7.26. The molecule has 3 aliphatic rings. The number of benzene rings is 1. The molecule has 1 fully saturated rings. The van der Waals surface area contributed by atoms with Gasteiger partial charge in [0.2, 0.25) is 12.7 Å². The number of nitrogens with zero attached hydrogens (tertiary/aromatic N) is 7. The summed E-state index contributed by atoms with van der Waals surface area (Å²) in [5.41, 5.74) is 3.65. The van der Waals surface area contributed by atoms with Crippen LogP contribution in [0.1, 0.15) is 30.4 Å². The van der Waals surface area contributed by atoms with Gasteiger partial charge < -0.3 is 18.9 Å². The Morgan fingerprint density at radius 3 is 2.76 bits per heavy atom. The Balaban J connectivity index is 1.27. The van der Waals surface area contributed by atoms with E-state index in [9.17, 15) is 0 Å². The van der Waals surface area contributed by atoms with Crippen LogP contribution in [0.3, 0.4) is 0 Å². The van der Waals surface area contributed by atoms with Gasteiger partial charge in [0.25, 0.3) is 0 Å². The lowest BCUT2D eigenvalue weighted by atomic mass is 10.0. The first-order chi connectivity index (χ1) is 16.3. The average molecular weight is 439 g/mol. The first-order valence-corrected chi connectivity index (χ1v) is 11.2. The predicted octanol–water partition coefficient (Wildman–Crippen LogP) is 3.42.